The number of carbonyl (C=O) groups excluding carboxylic acids is 2. The number of urea groups is 1. The Balaban J connectivity index is 1.38. The van der Waals surface area contributed by atoms with Crippen molar-refractivity contribution in [2.45, 2.75) is 108 Å². The van der Waals surface area contributed by atoms with Gasteiger partial charge in [0, 0.05) is 41.0 Å². The van der Waals surface area contributed by atoms with Gasteiger partial charge in [-0.05, 0) is 90.3 Å². The highest BCUT2D eigenvalue weighted by Crippen LogP contribution is 2.53. The molecule has 12 heteroatoms. The van der Waals surface area contributed by atoms with Crippen LogP contribution in [0.15, 0.2) is 59.6 Å². The predicted octanol–water partition coefficient (Wildman–Crippen LogP) is 6.93. The zero-order valence-corrected chi connectivity index (χ0v) is 28.8. The van der Waals surface area contributed by atoms with Crippen molar-refractivity contribution >= 4 is 39.2 Å². The number of thiazole rings is 1. The van der Waals surface area contributed by atoms with Crippen LogP contribution in [0.1, 0.15) is 83.7 Å². The summed E-state index contributed by atoms with van der Waals surface area (Å²) in [6.07, 6.45) is 6.83. The Morgan fingerprint density at radius 1 is 1.09 bits per heavy atom. The van der Waals surface area contributed by atoms with E-state index in [4.69, 9.17) is 9.72 Å². The summed E-state index contributed by atoms with van der Waals surface area (Å²) >= 11 is 1.53. The van der Waals surface area contributed by atoms with Crippen molar-refractivity contribution in [2.24, 2.45) is 5.92 Å². The van der Waals surface area contributed by atoms with Crippen LogP contribution in [-0.4, -0.2) is 43.2 Å². The van der Waals surface area contributed by atoms with Crippen LogP contribution in [0.3, 0.4) is 0 Å². The minimum absolute atomic E-state index is 0.0178. The number of nitrogens with one attached hydrogen (secondary N) is 4. The van der Waals surface area contributed by atoms with Crippen molar-refractivity contribution in [3.8, 4) is 10.4 Å². The second-order valence-corrected chi connectivity index (χ2v) is 16.5. The number of rotatable bonds is 9. The van der Waals surface area contributed by atoms with Gasteiger partial charge in [-0.1, -0.05) is 42.8 Å². The Morgan fingerprint density at radius 3 is 2.57 bits per heavy atom. The summed E-state index contributed by atoms with van der Waals surface area (Å²) < 4.78 is 36.1. The highest BCUT2D eigenvalue weighted by molar-refractivity contribution is 7.89. The largest absolute Gasteiger partial charge is 0.446 e. The van der Waals surface area contributed by atoms with E-state index in [0.29, 0.717) is 17.8 Å². The van der Waals surface area contributed by atoms with Crippen molar-refractivity contribution in [2.75, 3.05) is 5.32 Å². The molecule has 2 saturated carbocycles. The van der Waals surface area contributed by atoms with Gasteiger partial charge in [-0.3, -0.25) is 0 Å². The Kier molecular flexibility index (Phi) is 10.1. The van der Waals surface area contributed by atoms with Crippen LogP contribution in [0.25, 0.3) is 10.4 Å². The second kappa shape index (κ2) is 13.7. The van der Waals surface area contributed by atoms with Gasteiger partial charge in [0.1, 0.15) is 6.10 Å². The maximum absolute atomic E-state index is 13.8. The van der Waals surface area contributed by atoms with E-state index < -0.39 is 21.6 Å². The molecule has 0 aliphatic heterocycles. The van der Waals surface area contributed by atoms with Gasteiger partial charge in [-0.2, -0.15) is 0 Å². The molecule has 46 heavy (non-hydrogen) atoms. The molecule has 2 fully saturated rings. The summed E-state index contributed by atoms with van der Waals surface area (Å²) in [5.74, 6) is 0.262. The SMILES string of the molecule is CC(C)NC(=O)OC1CCC2(c3ncc(-c4ccc(NC(=O)NCc5ccccc5)cc4S(=O)(=O)NC(C)(C)C)s3)CCCC1C2. The van der Waals surface area contributed by atoms with Crippen LogP contribution in [0.2, 0.25) is 0 Å². The first kappa shape index (κ1) is 33.9. The summed E-state index contributed by atoms with van der Waals surface area (Å²) in [6, 6.07) is 14.1. The van der Waals surface area contributed by atoms with Gasteiger partial charge >= 0.3 is 12.1 Å². The van der Waals surface area contributed by atoms with Crippen molar-refractivity contribution < 1.29 is 22.7 Å². The highest BCUT2D eigenvalue weighted by atomic mass is 32.2. The lowest BCUT2D eigenvalue weighted by Crippen LogP contribution is -2.46. The van der Waals surface area contributed by atoms with Crippen molar-refractivity contribution in [3.63, 3.8) is 0 Å². The van der Waals surface area contributed by atoms with E-state index in [2.05, 4.69) is 20.7 Å². The lowest BCUT2D eigenvalue weighted by Gasteiger charge is -2.47. The van der Waals surface area contributed by atoms with Gasteiger partial charge in [0.2, 0.25) is 10.0 Å². The monoisotopic (exact) mass is 667 g/mol. The van der Waals surface area contributed by atoms with Crippen molar-refractivity contribution in [3.05, 3.63) is 65.3 Å². The molecule has 3 aromatic rings. The minimum Gasteiger partial charge on any atom is -0.446 e. The number of ether oxygens (including phenoxy) is 1. The summed E-state index contributed by atoms with van der Waals surface area (Å²) in [5.41, 5.74) is 1.01. The summed E-state index contributed by atoms with van der Waals surface area (Å²) in [6.45, 7) is 9.54. The quantitative estimate of drug-likeness (QED) is 0.195. The number of hydrogen-bond acceptors (Lipinski definition) is 7. The van der Waals surface area contributed by atoms with E-state index in [-0.39, 0.29) is 34.5 Å². The maximum atomic E-state index is 13.8. The number of sulfonamides is 1. The number of fused-ring (bicyclic) bond motifs is 2. The number of carbonyl (C=O) groups is 2. The number of anilines is 1. The Hall–Kier alpha value is -3.48. The first-order valence-electron chi connectivity index (χ1n) is 15.9. The highest BCUT2D eigenvalue weighted by Gasteiger charge is 2.47. The van der Waals surface area contributed by atoms with E-state index in [1.165, 1.54) is 17.4 Å². The first-order valence-corrected chi connectivity index (χ1v) is 18.2. The molecule has 2 aromatic carbocycles. The van der Waals surface area contributed by atoms with Crippen molar-refractivity contribution in [1.82, 2.24) is 20.3 Å². The van der Waals surface area contributed by atoms with Crippen LogP contribution in [0.4, 0.5) is 15.3 Å². The fourth-order valence-electron chi connectivity index (χ4n) is 6.55. The molecule has 3 unspecified atom stereocenters. The molecular formula is C34H45N5O5S2. The molecular weight excluding hydrogens is 623 g/mol. The summed E-state index contributed by atoms with van der Waals surface area (Å²) in [5, 5.41) is 9.43. The number of benzene rings is 2. The smallest absolute Gasteiger partial charge is 0.407 e. The number of hydrogen-bond donors (Lipinski definition) is 4. The van der Waals surface area contributed by atoms with Gasteiger partial charge in [0.25, 0.3) is 0 Å². The lowest BCUT2D eigenvalue weighted by molar-refractivity contribution is -0.00835. The predicted molar refractivity (Wildman–Crippen MR) is 181 cm³/mol. The molecule has 10 nitrogen and oxygen atoms in total. The molecule has 2 bridgehead atoms. The molecule has 5 rings (SSSR count). The topological polar surface area (TPSA) is 139 Å². The molecule has 0 saturated heterocycles. The molecule has 2 aliphatic carbocycles. The van der Waals surface area contributed by atoms with E-state index in [9.17, 15) is 18.0 Å². The first-order chi connectivity index (χ1) is 21.7. The third kappa shape index (κ3) is 8.26. The average Bonchev–Trinajstić information content (AvgIpc) is 3.48. The van der Waals surface area contributed by atoms with Gasteiger partial charge in [-0.25, -0.2) is 27.7 Å². The molecule has 1 heterocycles. The average molecular weight is 668 g/mol. The fraction of sp³-hybridized carbons (Fsp3) is 0.500. The molecule has 248 valence electrons. The Bertz CT molecular complexity index is 1650. The van der Waals surface area contributed by atoms with Crippen LogP contribution in [0, 0.1) is 5.92 Å². The normalized spacial score (nSPS) is 21.4. The van der Waals surface area contributed by atoms with Crippen molar-refractivity contribution in [1.29, 1.82) is 0 Å². The Labute approximate surface area is 276 Å². The molecule has 3 amide bonds. The Morgan fingerprint density at radius 2 is 1.85 bits per heavy atom. The van der Waals surface area contributed by atoms with Crippen LogP contribution in [0.5, 0.6) is 0 Å². The zero-order valence-electron chi connectivity index (χ0n) is 27.2. The minimum atomic E-state index is -3.97. The third-order valence-corrected chi connectivity index (χ3v) is 11.5. The van der Waals surface area contributed by atoms with Gasteiger partial charge in [-0.15, -0.1) is 11.3 Å². The van der Waals surface area contributed by atoms with Gasteiger partial charge in [0.15, 0.2) is 0 Å². The molecule has 0 spiro atoms. The van der Waals surface area contributed by atoms with Crippen LogP contribution >= 0.6 is 11.3 Å². The maximum Gasteiger partial charge on any atom is 0.407 e. The number of amides is 3. The number of nitrogens with zero attached hydrogens (tertiary/aromatic N) is 1. The van der Waals surface area contributed by atoms with E-state index in [0.717, 1.165) is 54.0 Å². The summed E-state index contributed by atoms with van der Waals surface area (Å²) in [4.78, 5) is 30.8. The molecule has 4 N–H and O–H groups in total. The third-order valence-electron chi connectivity index (χ3n) is 8.47. The van der Waals surface area contributed by atoms with Gasteiger partial charge < -0.3 is 20.7 Å². The molecule has 3 atom stereocenters. The zero-order chi connectivity index (χ0) is 33.1. The summed E-state index contributed by atoms with van der Waals surface area (Å²) in [7, 11) is -3.97. The second-order valence-electron chi connectivity index (χ2n) is 13.8. The van der Waals surface area contributed by atoms with Crippen LogP contribution < -0.4 is 20.7 Å². The van der Waals surface area contributed by atoms with E-state index >= 15 is 0 Å². The van der Waals surface area contributed by atoms with E-state index in [1.54, 1.807) is 39.1 Å². The number of aromatic nitrogens is 1. The van der Waals surface area contributed by atoms with E-state index in [1.807, 2.05) is 44.2 Å². The molecule has 1 aromatic heterocycles. The molecule has 2 aliphatic rings. The molecule has 0 radical (unpaired) electrons. The van der Waals surface area contributed by atoms with Gasteiger partial charge in [0.05, 0.1) is 14.8 Å². The standard InChI is InChI=1S/C34H45N5O5S2/c1-22(2)37-32(41)44-27-15-17-34(16-9-12-24(27)19-34)30-35-21-28(45-30)26-14-13-25(18-29(26)46(42,43)39-33(3,4)5)38-31(40)36-20-23-10-7-6-8-11-23/h6-8,10-11,13-14,18,21-22,24,27,39H,9,12,15-17,19-20H2,1-5H3,(H,37,41)(H2,36,38,40). The fourth-order valence-corrected chi connectivity index (χ4v) is 9.49. The lowest BCUT2D eigenvalue weighted by atomic mass is 9.61. The van der Waals surface area contributed by atoms with Crippen LogP contribution in [-0.2, 0) is 26.7 Å². The number of alkyl carbamates (subject to hydrolysis) is 1.